The summed E-state index contributed by atoms with van der Waals surface area (Å²) in [6.45, 7) is 1.83. The van der Waals surface area contributed by atoms with E-state index in [0.717, 1.165) is 0 Å². The molecule has 5 heteroatoms. The van der Waals surface area contributed by atoms with Crippen LogP contribution in [0.15, 0.2) is 12.2 Å². The lowest BCUT2D eigenvalue weighted by atomic mass is 10.3. The van der Waals surface area contributed by atoms with Gasteiger partial charge in [-0.3, -0.25) is 14.5 Å². The molecule has 2 aliphatic rings. The molecule has 1 unspecified atom stereocenters. The van der Waals surface area contributed by atoms with E-state index in [1.165, 1.54) is 17.1 Å². The molecular formula is C9H11NO4. The van der Waals surface area contributed by atoms with E-state index >= 15 is 0 Å². The van der Waals surface area contributed by atoms with Crippen molar-refractivity contribution in [2.45, 2.75) is 6.10 Å². The average Bonchev–Trinajstić information content (AvgIpc) is 2.51. The molecule has 0 aromatic rings. The fourth-order valence-corrected chi connectivity index (χ4v) is 1.46. The van der Waals surface area contributed by atoms with Crippen molar-refractivity contribution < 1.29 is 19.1 Å². The largest absolute Gasteiger partial charge is 0.376 e. The molecule has 76 valence electrons. The summed E-state index contributed by atoms with van der Waals surface area (Å²) in [7, 11) is 0. The number of carbonyl (C=O) groups is 2. The predicted molar refractivity (Wildman–Crippen MR) is 46.4 cm³/mol. The highest BCUT2D eigenvalue weighted by Crippen LogP contribution is 2.08. The molecule has 2 aliphatic heterocycles. The van der Waals surface area contributed by atoms with Crippen LogP contribution in [0.2, 0.25) is 0 Å². The molecule has 0 saturated carbocycles. The van der Waals surface area contributed by atoms with Gasteiger partial charge in [0.2, 0.25) is 0 Å². The first-order chi connectivity index (χ1) is 6.77. The summed E-state index contributed by atoms with van der Waals surface area (Å²) in [6, 6.07) is 0. The summed E-state index contributed by atoms with van der Waals surface area (Å²) in [5.41, 5.74) is 0. The van der Waals surface area contributed by atoms with Crippen molar-refractivity contribution in [3.8, 4) is 0 Å². The third-order valence-corrected chi connectivity index (χ3v) is 2.17. The van der Waals surface area contributed by atoms with Crippen LogP contribution in [0.1, 0.15) is 0 Å². The molecule has 0 N–H and O–H groups in total. The molecule has 2 heterocycles. The number of hydrogen-bond acceptors (Lipinski definition) is 4. The third kappa shape index (κ3) is 1.83. The molecule has 2 amide bonds. The van der Waals surface area contributed by atoms with E-state index in [2.05, 4.69) is 0 Å². The minimum atomic E-state index is -0.274. The quantitative estimate of drug-likeness (QED) is 0.551. The Balaban J connectivity index is 1.90. The van der Waals surface area contributed by atoms with Crippen molar-refractivity contribution >= 4 is 11.8 Å². The van der Waals surface area contributed by atoms with Gasteiger partial charge in [-0.15, -0.1) is 0 Å². The molecule has 14 heavy (non-hydrogen) atoms. The van der Waals surface area contributed by atoms with Gasteiger partial charge in [0.25, 0.3) is 11.8 Å². The lowest BCUT2D eigenvalue weighted by Crippen LogP contribution is -2.42. The van der Waals surface area contributed by atoms with Crippen LogP contribution in [0.3, 0.4) is 0 Å². The fraction of sp³-hybridized carbons (Fsp3) is 0.556. The van der Waals surface area contributed by atoms with E-state index in [-0.39, 0.29) is 24.5 Å². The number of imide groups is 1. The van der Waals surface area contributed by atoms with E-state index in [0.29, 0.717) is 19.8 Å². The van der Waals surface area contributed by atoms with Gasteiger partial charge in [0.15, 0.2) is 0 Å². The van der Waals surface area contributed by atoms with Crippen molar-refractivity contribution in [1.29, 1.82) is 0 Å². The molecule has 1 saturated heterocycles. The Hall–Kier alpha value is -1.20. The second-order valence-corrected chi connectivity index (χ2v) is 3.19. The van der Waals surface area contributed by atoms with Crippen LogP contribution in [0.5, 0.6) is 0 Å². The Morgan fingerprint density at radius 3 is 2.57 bits per heavy atom. The van der Waals surface area contributed by atoms with Gasteiger partial charge in [-0.05, 0) is 0 Å². The highest BCUT2D eigenvalue weighted by atomic mass is 16.6. The zero-order chi connectivity index (χ0) is 9.97. The van der Waals surface area contributed by atoms with Crippen LogP contribution in [-0.4, -0.2) is 49.2 Å². The third-order valence-electron chi connectivity index (χ3n) is 2.17. The van der Waals surface area contributed by atoms with Gasteiger partial charge in [0.05, 0.1) is 32.5 Å². The molecule has 0 aliphatic carbocycles. The molecule has 5 nitrogen and oxygen atoms in total. The second kappa shape index (κ2) is 3.89. The molecule has 0 aromatic carbocycles. The zero-order valence-electron chi connectivity index (χ0n) is 7.64. The monoisotopic (exact) mass is 197 g/mol. The van der Waals surface area contributed by atoms with Crippen LogP contribution in [-0.2, 0) is 19.1 Å². The lowest BCUT2D eigenvalue weighted by molar-refractivity contribution is -0.143. The van der Waals surface area contributed by atoms with E-state index in [1.807, 2.05) is 0 Å². The number of ether oxygens (including phenoxy) is 2. The molecule has 1 atom stereocenters. The van der Waals surface area contributed by atoms with Gasteiger partial charge in [-0.1, -0.05) is 0 Å². The van der Waals surface area contributed by atoms with Gasteiger partial charge in [0, 0.05) is 12.2 Å². The van der Waals surface area contributed by atoms with Crippen molar-refractivity contribution in [1.82, 2.24) is 4.90 Å². The minimum Gasteiger partial charge on any atom is -0.376 e. The Morgan fingerprint density at radius 2 is 2.00 bits per heavy atom. The first kappa shape index (κ1) is 9.36. The summed E-state index contributed by atoms with van der Waals surface area (Å²) in [6.07, 6.45) is 2.36. The van der Waals surface area contributed by atoms with Crippen molar-refractivity contribution in [3.63, 3.8) is 0 Å². The molecule has 0 spiro atoms. The van der Waals surface area contributed by atoms with Crippen LogP contribution >= 0.6 is 0 Å². The maximum Gasteiger partial charge on any atom is 0.253 e. The van der Waals surface area contributed by atoms with Crippen molar-refractivity contribution in [2.75, 3.05) is 26.4 Å². The molecule has 1 fully saturated rings. The topological polar surface area (TPSA) is 55.8 Å². The molecule has 2 rings (SSSR count). The first-order valence-corrected chi connectivity index (χ1v) is 4.50. The van der Waals surface area contributed by atoms with Gasteiger partial charge in [-0.25, -0.2) is 0 Å². The Morgan fingerprint density at radius 1 is 1.29 bits per heavy atom. The molecule has 0 aromatic heterocycles. The standard InChI is InChI=1S/C9H11NO4/c11-8-1-2-9(12)10(8)5-7-6-13-3-4-14-7/h1-2,7H,3-6H2. The molecular weight excluding hydrogens is 186 g/mol. The van der Waals surface area contributed by atoms with Gasteiger partial charge >= 0.3 is 0 Å². The van der Waals surface area contributed by atoms with E-state index in [1.54, 1.807) is 0 Å². The summed E-state index contributed by atoms with van der Waals surface area (Å²) >= 11 is 0. The minimum absolute atomic E-state index is 0.184. The summed E-state index contributed by atoms with van der Waals surface area (Å²) in [4.78, 5) is 23.5. The van der Waals surface area contributed by atoms with Crippen LogP contribution in [0, 0.1) is 0 Å². The fourth-order valence-electron chi connectivity index (χ4n) is 1.46. The number of amides is 2. The summed E-state index contributed by atoms with van der Waals surface area (Å²) in [5, 5.41) is 0. The van der Waals surface area contributed by atoms with E-state index in [4.69, 9.17) is 9.47 Å². The number of carbonyl (C=O) groups excluding carboxylic acids is 2. The van der Waals surface area contributed by atoms with Crippen molar-refractivity contribution in [3.05, 3.63) is 12.2 Å². The maximum absolute atomic E-state index is 11.2. The SMILES string of the molecule is O=C1C=CC(=O)N1CC1COCCO1. The zero-order valence-corrected chi connectivity index (χ0v) is 7.64. The normalized spacial score (nSPS) is 27.4. The Bertz CT molecular complexity index is 263. The molecule has 0 radical (unpaired) electrons. The maximum atomic E-state index is 11.2. The van der Waals surface area contributed by atoms with Gasteiger partial charge in [-0.2, -0.15) is 0 Å². The van der Waals surface area contributed by atoms with Gasteiger partial charge in [0.1, 0.15) is 0 Å². The van der Waals surface area contributed by atoms with Crippen LogP contribution < -0.4 is 0 Å². The van der Waals surface area contributed by atoms with E-state index < -0.39 is 0 Å². The number of nitrogens with zero attached hydrogens (tertiary/aromatic N) is 1. The van der Waals surface area contributed by atoms with Crippen LogP contribution in [0.25, 0.3) is 0 Å². The Labute approximate surface area is 81.3 Å². The van der Waals surface area contributed by atoms with Gasteiger partial charge < -0.3 is 9.47 Å². The van der Waals surface area contributed by atoms with Crippen LogP contribution in [0.4, 0.5) is 0 Å². The number of hydrogen-bond donors (Lipinski definition) is 0. The number of rotatable bonds is 2. The predicted octanol–water partition coefficient (Wildman–Crippen LogP) is -0.673. The highest BCUT2D eigenvalue weighted by molar-refractivity contribution is 6.12. The van der Waals surface area contributed by atoms with Crippen molar-refractivity contribution in [2.24, 2.45) is 0 Å². The Kier molecular flexibility index (Phi) is 2.60. The summed E-state index contributed by atoms with van der Waals surface area (Å²) in [5.74, 6) is -0.548. The molecule has 0 bridgehead atoms. The average molecular weight is 197 g/mol. The first-order valence-electron chi connectivity index (χ1n) is 4.50. The smallest absolute Gasteiger partial charge is 0.253 e. The van der Waals surface area contributed by atoms with E-state index in [9.17, 15) is 9.59 Å². The summed E-state index contributed by atoms with van der Waals surface area (Å²) < 4.78 is 10.5. The second-order valence-electron chi connectivity index (χ2n) is 3.19. The lowest BCUT2D eigenvalue weighted by Gasteiger charge is -2.26. The highest BCUT2D eigenvalue weighted by Gasteiger charge is 2.27.